The lowest BCUT2D eigenvalue weighted by Crippen LogP contribution is -2.31. The minimum atomic E-state index is -3.02. The van der Waals surface area contributed by atoms with Gasteiger partial charge in [0.25, 0.3) is 0 Å². The van der Waals surface area contributed by atoms with E-state index in [1.165, 1.54) is 5.56 Å². The molecule has 2 aromatic rings. The van der Waals surface area contributed by atoms with Crippen LogP contribution in [0.1, 0.15) is 29.3 Å². The SMILES string of the molecule is Cc1ccc(CN(C)CC(=O)Nc2cc(C)nn2C2CCS(=O)(=O)C2)cc1. The summed E-state index contributed by atoms with van der Waals surface area (Å²) in [6, 6.07) is 9.79. The molecule has 2 heterocycles. The average Bonchev–Trinajstić information content (AvgIpc) is 3.11. The van der Waals surface area contributed by atoms with E-state index in [1.807, 2.05) is 25.8 Å². The van der Waals surface area contributed by atoms with E-state index in [0.29, 0.717) is 18.8 Å². The maximum absolute atomic E-state index is 12.5. The highest BCUT2D eigenvalue weighted by molar-refractivity contribution is 7.91. The highest BCUT2D eigenvalue weighted by Crippen LogP contribution is 2.27. The van der Waals surface area contributed by atoms with Crippen LogP contribution in [0.4, 0.5) is 5.82 Å². The molecular weight excluding hydrogens is 364 g/mol. The molecule has 1 aromatic carbocycles. The molecule has 27 heavy (non-hydrogen) atoms. The number of carbonyl (C=O) groups is 1. The fraction of sp³-hybridized carbons (Fsp3) is 0.474. The molecule has 0 radical (unpaired) electrons. The summed E-state index contributed by atoms with van der Waals surface area (Å²) in [6.07, 6.45) is 0.527. The Labute approximate surface area is 160 Å². The Hall–Kier alpha value is -2.19. The summed E-state index contributed by atoms with van der Waals surface area (Å²) in [5.41, 5.74) is 3.10. The predicted molar refractivity (Wildman–Crippen MR) is 105 cm³/mol. The first-order valence-corrected chi connectivity index (χ1v) is 10.8. The van der Waals surface area contributed by atoms with Gasteiger partial charge in [0, 0.05) is 12.6 Å². The van der Waals surface area contributed by atoms with Crippen molar-refractivity contribution in [3.05, 3.63) is 47.2 Å². The van der Waals surface area contributed by atoms with E-state index in [2.05, 4.69) is 34.7 Å². The van der Waals surface area contributed by atoms with Gasteiger partial charge in [-0.1, -0.05) is 29.8 Å². The number of sulfone groups is 1. The number of anilines is 1. The normalized spacial score (nSPS) is 18.7. The van der Waals surface area contributed by atoms with Crippen molar-refractivity contribution < 1.29 is 13.2 Å². The number of amides is 1. The summed E-state index contributed by atoms with van der Waals surface area (Å²) in [6.45, 7) is 4.79. The quantitative estimate of drug-likeness (QED) is 0.815. The van der Waals surface area contributed by atoms with Gasteiger partial charge in [-0.3, -0.25) is 9.69 Å². The molecule has 1 aliphatic heterocycles. The van der Waals surface area contributed by atoms with Gasteiger partial charge in [-0.05, 0) is 32.9 Å². The molecule has 1 unspecified atom stereocenters. The predicted octanol–water partition coefficient (Wildman–Crippen LogP) is 1.93. The number of rotatable bonds is 6. The van der Waals surface area contributed by atoms with Crippen molar-refractivity contribution in [3.63, 3.8) is 0 Å². The number of nitrogens with one attached hydrogen (secondary N) is 1. The molecule has 0 saturated carbocycles. The summed E-state index contributed by atoms with van der Waals surface area (Å²) >= 11 is 0. The second-order valence-electron chi connectivity index (χ2n) is 7.38. The maximum atomic E-state index is 12.5. The van der Waals surface area contributed by atoms with Crippen molar-refractivity contribution in [2.45, 2.75) is 32.9 Å². The Balaban J connectivity index is 1.61. The van der Waals surface area contributed by atoms with Crippen LogP contribution in [0.3, 0.4) is 0 Å². The van der Waals surface area contributed by atoms with Crippen LogP contribution in [0, 0.1) is 13.8 Å². The van der Waals surface area contributed by atoms with Gasteiger partial charge < -0.3 is 5.32 Å². The minimum Gasteiger partial charge on any atom is -0.310 e. The standard InChI is InChI=1S/C19H26N4O3S/c1-14-4-6-16(7-5-14)11-22(3)12-19(24)20-18-10-15(2)21-23(18)17-8-9-27(25,26)13-17/h4-7,10,17H,8-9,11-13H2,1-3H3,(H,20,24). The third-order valence-electron chi connectivity index (χ3n) is 4.67. The number of carbonyl (C=O) groups excluding carboxylic acids is 1. The number of benzene rings is 1. The molecule has 0 bridgehead atoms. The van der Waals surface area contributed by atoms with E-state index in [0.717, 1.165) is 11.3 Å². The van der Waals surface area contributed by atoms with Crippen LogP contribution in [0.25, 0.3) is 0 Å². The highest BCUT2D eigenvalue weighted by atomic mass is 32.2. The number of hydrogen-bond acceptors (Lipinski definition) is 5. The topological polar surface area (TPSA) is 84.3 Å². The fourth-order valence-corrected chi connectivity index (χ4v) is 5.04. The lowest BCUT2D eigenvalue weighted by atomic mass is 10.1. The molecule has 0 spiro atoms. The van der Waals surface area contributed by atoms with Gasteiger partial charge in [0.15, 0.2) is 9.84 Å². The molecule has 7 nitrogen and oxygen atoms in total. The lowest BCUT2D eigenvalue weighted by molar-refractivity contribution is -0.117. The zero-order valence-electron chi connectivity index (χ0n) is 16.0. The number of aryl methyl sites for hydroxylation is 2. The van der Waals surface area contributed by atoms with Crippen molar-refractivity contribution in [3.8, 4) is 0 Å². The van der Waals surface area contributed by atoms with Gasteiger partial charge in [-0.2, -0.15) is 5.10 Å². The molecule has 1 fully saturated rings. The van der Waals surface area contributed by atoms with Crippen LogP contribution in [0.5, 0.6) is 0 Å². The monoisotopic (exact) mass is 390 g/mol. The Kier molecular flexibility index (Phi) is 5.67. The molecule has 8 heteroatoms. The van der Waals surface area contributed by atoms with Crippen LogP contribution in [-0.4, -0.2) is 54.1 Å². The summed E-state index contributed by atoms with van der Waals surface area (Å²) in [7, 11) is -1.12. The first-order valence-electron chi connectivity index (χ1n) is 9.02. The summed E-state index contributed by atoms with van der Waals surface area (Å²) in [5.74, 6) is 0.656. The number of nitrogens with zero attached hydrogens (tertiary/aromatic N) is 3. The van der Waals surface area contributed by atoms with Crippen LogP contribution < -0.4 is 5.32 Å². The number of likely N-dealkylation sites (N-methyl/N-ethyl adjacent to an activating group) is 1. The van der Waals surface area contributed by atoms with Crippen LogP contribution in [0.2, 0.25) is 0 Å². The highest BCUT2D eigenvalue weighted by Gasteiger charge is 2.31. The van der Waals surface area contributed by atoms with E-state index < -0.39 is 9.84 Å². The third kappa shape index (κ3) is 5.17. The summed E-state index contributed by atoms with van der Waals surface area (Å²) < 4.78 is 25.2. The first-order chi connectivity index (χ1) is 12.7. The maximum Gasteiger partial charge on any atom is 0.239 e. The molecule has 1 atom stereocenters. The van der Waals surface area contributed by atoms with Crippen molar-refractivity contribution in [2.24, 2.45) is 0 Å². The minimum absolute atomic E-state index is 0.0737. The molecule has 1 N–H and O–H groups in total. The first kappa shape index (κ1) is 19.6. The van der Waals surface area contributed by atoms with Gasteiger partial charge in [0.1, 0.15) is 5.82 Å². The molecule has 1 aliphatic rings. The second-order valence-corrected chi connectivity index (χ2v) is 9.61. The zero-order chi connectivity index (χ0) is 19.6. The second kappa shape index (κ2) is 7.82. The van der Waals surface area contributed by atoms with Gasteiger partial charge >= 0.3 is 0 Å². The lowest BCUT2D eigenvalue weighted by Gasteiger charge is -2.18. The Bertz CT molecular complexity index is 919. The van der Waals surface area contributed by atoms with E-state index in [4.69, 9.17) is 0 Å². The average molecular weight is 391 g/mol. The molecular formula is C19H26N4O3S. The molecule has 1 aromatic heterocycles. The van der Waals surface area contributed by atoms with Crippen molar-refractivity contribution >= 4 is 21.6 Å². The smallest absolute Gasteiger partial charge is 0.239 e. The molecule has 0 aliphatic carbocycles. The van der Waals surface area contributed by atoms with Crippen molar-refractivity contribution in [1.29, 1.82) is 0 Å². The molecule has 3 rings (SSSR count). The van der Waals surface area contributed by atoms with Crippen LogP contribution in [-0.2, 0) is 21.2 Å². The van der Waals surface area contributed by atoms with E-state index in [1.54, 1.807) is 10.7 Å². The summed E-state index contributed by atoms with van der Waals surface area (Å²) in [4.78, 5) is 14.4. The number of aromatic nitrogens is 2. The molecule has 146 valence electrons. The third-order valence-corrected chi connectivity index (χ3v) is 6.42. The van der Waals surface area contributed by atoms with Gasteiger partial charge in [-0.15, -0.1) is 0 Å². The Morgan fingerprint density at radius 2 is 2.00 bits per heavy atom. The summed E-state index contributed by atoms with van der Waals surface area (Å²) in [5, 5.41) is 7.28. The van der Waals surface area contributed by atoms with Crippen LogP contribution in [0.15, 0.2) is 30.3 Å². The van der Waals surface area contributed by atoms with Gasteiger partial charge in [0.05, 0.1) is 29.8 Å². The largest absolute Gasteiger partial charge is 0.310 e. The van der Waals surface area contributed by atoms with Gasteiger partial charge in [-0.25, -0.2) is 13.1 Å². The molecule has 1 saturated heterocycles. The van der Waals surface area contributed by atoms with E-state index in [-0.39, 0.29) is 30.0 Å². The van der Waals surface area contributed by atoms with E-state index in [9.17, 15) is 13.2 Å². The zero-order valence-corrected chi connectivity index (χ0v) is 16.8. The van der Waals surface area contributed by atoms with E-state index >= 15 is 0 Å². The fourth-order valence-electron chi connectivity index (χ4n) is 3.35. The Morgan fingerprint density at radius 1 is 1.30 bits per heavy atom. The van der Waals surface area contributed by atoms with Gasteiger partial charge in [0.2, 0.25) is 5.91 Å². The number of hydrogen-bond donors (Lipinski definition) is 1. The van der Waals surface area contributed by atoms with Crippen molar-refractivity contribution in [2.75, 3.05) is 30.4 Å². The Morgan fingerprint density at radius 3 is 2.63 bits per heavy atom. The van der Waals surface area contributed by atoms with Crippen molar-refractivity contribution in [1.82, 2.24) is 14.7 Å². The van der Waals surface area contributed by atoms with Crippen LogP contribution >= 0.6 is 0 Å². The molecule has 1 amide bonds.